The molecule has 0 bridgehead atoms. The maximum absolute atomic E-state index is 5.66. The van der Waals surface area contributed by atoms with Crippen molar-refractivity contribution in [3.63, 3.8) is 0 Å². The van der Waals surface area contributed by atoms with Crippen molar-refractivity contribution in [1.82, 2.24) is 9.97 Å². The lowest BCUT2D eigenvalue weighted by atomic mass is 10.1. The lowest BCUT2D eigenvalue weighted by Crippen LogP contribution is -2.33. The van der Waals surface area contributed by atoms with E-state index in [1.54, 1.807) is 0 Å². The SMILES string of the molecule is CCCNc1ncc(C)c(NCC(C)(C)OCC)n1. The zero-order chi connectivity index (χ0) is 14.3. The topological polar surface area (TPSA) is 59.1 Å². The van der Waals surface area contributed by atoms with Crippen molar-refractivity contribution in [2.24, 2.45) is 0 Å². The molecule has 0 unspecified atom stereocenters. The summed E-state index contributed by atoms with van der Waals surface area (Å²) in [5, 5.41) is 6.53. The number of aromatic nitrogens is 2. The molecule has 1 aromatic heterocycles. The fourth-order valence-electron chi connectivity index (χ4n) is 1.68. The number of hydrogen-bond donors (Lipinski definition) is 2. The van der Waals surface area contributed by atoms with E-state index in [1.165, 1.54) is 0 Å². The number of nitrogens with zero attached hydrogens (tertiary/aromatic N) is 2. The third-order valence-electron chi connectivity index (χ3n) is 2.72. The first kappa shape index (κ1) is 15.7. The van der Waals surface area contributed by atoms with E-state index in [2.05, 4.69) is 41.4 Å². The normalized spacial score (nSPS) is 11.4. The van der Waals surface area contributed by atoms with Crippen LogP contribution in [-0.4, -0.2) is 35.3 Å². The first-order chi connectivity index (χ1) is 8.98. The molecule has 5 heteroatoms. The van der Waals surface area contributed by atoms with Crippen LogP contribution in [0.1, 0.15) is 39.7 Å². The van der Waals surface area contributed by atoms with Gasteiger partial charge in [-0.1, -0.05) is 6.92 Å². The average Bonchev–Trinajstić information content (AvgIpc) is 2.36. The minimum atomic E-state index is -0.205. The van der Waals surface area contributed by atoms with Crippen LogP contribution in [0.4, 0.5) is 11.8 Å². The Hall–Kier alpha value is -1.36. The zero-order valence-corrected chi connectivity index (χ0v) is 12.7. The standard InChI is InChI=1S/C14H26N4O/c1-6-8-15-13-16-9-11(3)12(18-13)17-10-14(4,5)19-7-2/h9H,6-8,10H2,1-5H3,(H2,15,16,17,18). The quantitative estimate of drug-likeness (QED) is 0.757. The Morgan fingerprint density at radius 3 is 2.63 bits per heavy atom. The van der Waals surface area contributed by atoms with Crippen LogP contribution in [0.25, 0.3) is 0 Å². The van der Waals surface area contributed by atoms with Crippen LogP contribution in [0.2, 0.25) is 0 Å². The second kappa shape index (κ2) is 7.28. The molecule has 0 saturated carbocycles. The molecule has 108 valence electrons. The van der Waals surface area contributed by atoms with E-state index in [1.807, 2.05) is 20.0 Å². The summed E-state index contributed by atoms with van der Waals surface area (Å²) in [7, 11) is 0. The third-order valence-corrected chi connectivity index (χ3v) is 2.72. The van der Waals surface area contributed by atoms with E-state index < -0.39 is 0 Å². The van der Waals surface area contributed by atoms with Gasteiger partial charge in [0.15, 0.2) is 0 Å². The first-order valence-corrected chi connectivity index (χ1v) is 6.94. The monoisotopic (exact) mass is 266 g/mol. The first-order valence-electron chi connectivity index (χ1n) is 6.94. The Kier molecular flexibility index (Phi) is 6.02. The molecule has 5 nitrogen and oxygen atoms in total. The van der Waals surface area contributed by atoms with Gasteiger partial charge in [0.1, 0.15) is 5.82 Å². The number of hydrogen-bond acceptors (Lipinski definition) is 5. The van der Waals surface area contributed by atoms with Crippen LogP contribution >= 0.6 is 0 Å². The second-order valence-corrected chi connectivity index (χ2v) is 5.20. The molecule has 0 aliphatic carbocycles. The fourth-order valence-corrected chi connectivity index (χ4v) is 1.68. The van der Waals surface area contributed by atoms with Gasteiger partial charge in [0, 0.05) is 31.5 Å². The summed E-state index contributed by atoms with van der Waals surface area (Å²) in [5.41, 5.74) is 0.831. The predicted octanol–water partition coefficient (Wildman–Crippen LogP) is 2.83. The Balaban J connectivity index is 2.66. The number of aryl methyl sites for hydroxylation is 1. The van der Waals surface area contributed by atoms with E-state index in [-0.39, 0.29) is 5.60 Å². The van der Waals surface area contributed by atoms with Crippen molar-refractivity contribution in [1.29, 1.82) is 0 Å². The smallest absolute Gasteiger partial charge is 0.224 e. The molecular weight excluding hydrogens is 240 g/mol. The van der Waals surface area contributed by atoms with Gasteiger partial charge in [0.2, 0.25) is 5.95 Å². The molecule has 0 spiro atoms. The second-order valence-electron chi connectivity index (χ2n) is 5.20. The summed E-state index contributed by atoms with van der Waals surface area (Å²) < 4.78 is 5.66. The van der Waals surface area contributed by atoms with Crippen molar-refractivity contribution in [3.05, 3.63) is 11.8 Å². The van der Waals surface area contributed by atoms with Gasteiger partial charge in [-0.15, -0.1) is 0 Å². The molecular formula is C14H26N4O. The van der Waals surface area contributed by atoms with E-state index >= 15 is 0 Å². The molecule has 1 heterocycles. The number of ether oxygens (including phenoxy) is 1. The van der Waals surface area contributed by atoms with Gasteiger partial charge in [-0.25, -0.2) is 4.98 Å². The van der Waals surface area contributed by atoms with Crippen LogP contribution in [0.5, 0.6) is 0 Å². The third kappa shape index (κ3) is 5.42. The highest BCUT2D eigenvalue weighted by molar-refractivity contribution is 5.46. The highest BCUT2D eigenvalue weighted by Gasteiger charge is 2.18. The van der Waals surface area contributed by atoms with Crippen LogP contribution in [0, 0.1) is 6.92 Å². The summed E-state index contributed by atoms with van der Waals surface area (Å²) in [5.74, 6) is 1.53. The van der Waals surface area contributed by atoms with Crippen molar-refractivity contribution in [2.45, 2.75) is 46.6 Å². The molecule has 0 aliphatic rings. The summed E-state index contributed by atoms with van der Waals surface area (Å²) in [4.78, 5) is 8.75. The molecule has 0 fully saturated rings. The summed E-state index contributed by atoms with van der Waals surface area (Å²) >= 11 is 0. The van der Waals surface area contributed by atoms with Crippen LogP contribution in [-0.2, 0) is 4.74 Å². The molecule has 19 heavy (non-hydrogen) atoms. The molecule has 0 aliphatic heterocycles. The number of anilines is 2. The van der Waals surface area contributed by atoms with Crippen LogP contribution in [0.15, 0.2) is 6.20 Å². The van der Waals surface area contributed by atoms with Crippen LogP contribution in [0.3, 0.4) is 0 Å². The molecule has 2 N–H and O–H groups in total. The van der Waals surface area contributed by atoms with E-state index in [0.717, 1.165) is 24.3 Å². The van der Waals surface area contributed by atoms with Gasteiger partial charge in [-0.05, 0) is 34.1 Å². The molecule has 0 radical (unpaired) electrons. The summed E-state index contributed by atoms with van der Waals surface area (Å²) in [6, 6.07) is 0. The highest BCUT2D eigenvalue weighted by atomic mass is 16.5. The molecule has 0 amide bonds. The maximum atomic E-state index is 5.66. The van der Waals surface area contributed by atoms with Crippen LogP contribution < -0.4 is 10.6 Å². The summed E-state index contributed by atoms with van der Waals surface area (Å²) in [6.45, 7) is 12.6. The maximum Gasteiger partial charge on any atom is 0.224 e. The van der Waals surface area contributed by atoms with Gasteiger partial charge in [0.25, 0.3) is 0 Å². The number of nitrogens with one attached hydrogen (secondary N) is 2. The molecule has 0 atom stereocenters. The zero-order valence-electron chi connectivity index (χ0n) is 12.7. The lowest BCUT2D eigenvalue weighted by molar-refractivity contribution is 0.000636. The minimum Gasteiger partial charge on any atom is -0.374 e. The van der Waals surface area contributed by atoms with E-state index in [0.29, 0.717) is 19.1 Å². The Labute approximate surface area is 116 Å². The van der Waals surface area contributed by atoms with Gasteiger partial charge < -0.3 is 15.4 Å². The average molecular weight is 266 g/mol. The predicted molar refractivity (Wildman–Crippen MR) is 79.7 cm³/mol. The van der Waals surface area contributed by atoms with Crippen molar-refractivity contribution in [3.8, 4) is 0 Å². The molecule has 0 aromatic carbocycles. The molecule has 1 rings (SSSR count). The van der Waals surface area contributed by atoms with Gasteiger partial charge >= 0.3 is 0 Å². The highest BCUT2D eigenvalue weighted by Crippen LogP contribution is 2.15. The van der Waals surface area contributed by atoms with Gasteiger partial charge in [-0.2, -0.15) is 4.98 Å². The van der Waals surface area contributed by atoms with E-state index in [4.69, 9.17) is 4.74 Å². The van der Waals surface area contributed by atoms with Crippen molar-refractivity contribution < 1.29 is 4.74 Å². The van der Waals surface area contributed by atoms with E-state index in [9.17, 15) is 0 Å². The van der Waals surface area contributed by atoms with Gasteiger partial charge in [0.05, 0.1) is 5.60 Å². The largest absolute Gasteiger partial charge is 0.374 e. The Morgan fingerprint density at radius 2 is 2.00 bits per heavy atom. The molecule has 0 saturated heterocycles. The van der Waals surface area contributed by atoms with Crippen molar-refractivity contribution in [2.75, 3.05) is 30.3 Å². The Bertz CT molecular complexity index is 393. The number of rotatable bonds is 8. The van der Waals surface area contributed by atoms with Gasteiger partial charge in [-0.3, -0.25) is 0 Å². The fraction of sp³-hybridized carbons (Fsp3) is 0.714. The molecule has 1 aromatic rings. The lowest BCUT2D eigenvalue weighted by Gasteiger charge is -2.25. The Morgan fingerprint density at radius 1 is 1.26 bits per heavy atom. The minimum absolute atomic E-state index is 0.205. The van der Waals surface area contributed by atoms with Crippen molar-refractivity contribution >= 4 is 11.8 Å². The summed E-state index contributed by atoms with van der Waals surface area (Å²) in [6.07, 6.45) is 2.89.